The lowest BCUT2D eigenvalue weighted by molar-refractivity contribution is -0.111. The van der Waals surface area contributed by atoms with Crippen molar-refractivity contribution in [3.8, 4) is 11.8 Å². The van der Waals surface area contributed by atoms with E-state index in [-0.39, 0.29) is 12.1 Å². The number of rotatable bonds is 7. The number of ether oxygens (including phenoxy) is 1. The molecule has 4 rings (SSSR count). The van der Waals surface area contributed by atoms with Crippen molar-refractivity contribution in [2.24, 2.45) is 5.92 Å². The van der Waals surface area contributed by atoms with E-state index < -0.39 is 0 Å². The third-order valence-electron chi connectivity index (χ3n) is 5.75. The number of hydrogen-bond donors (Lipinski definition) is 1. The van der Waals surface area contributed by atoms with Gasteiger partial charge in [-0.3, -0.25) is 4.31 Å². The monoisotopic (exact) mass is 460 g/mol. The first-order valence-electron chi connectivity index (χ1n) is 10.4. The van der Waals surface area contributed by atoms with Crippen LogP contribution in [-0.2, 0) is 11.3 Å². The first-order chi connectivity index (χ1) is 16.0. The van der Waals surface area contributed by atoms with E-state index in [4.69, 9.17) is 22.8 Å². The van der Waals surface area contributed by atoms with Crippen LogP contribution in [0.4, 0.5) is 23.0 Å². The number of benzene rings is 2. The number of carbonyl (C=O) groups is 1. The van der Waals surface area contributed by atoms with Gasteiger partial charge in [-0.15, -0.1) is 0 Å². The number of thiol groups is 1. The van der Waals surface area contributed by atoms with Crippen LogP contribution in [-0.4, -0.2) is 36.6 Å². The average molecular weight is 461 g/mol. The quantitative estimate of drug-likeness (QED) is 0.419. The number of hydrogen-bond acceptors (Lipinski definition) is 9. The van der Waals surface area contributed by atoms with Crippen molar-refractivity contribution >= 4 is 42.1 Å². The predicted octanol–water partition coefficient (Wildman–Crippen LogP) is 3.96. The van der Waals surface area contributed by atoms with Gasteiger partial charge in [0.2, 0.25) is 0 Å². The van der Waals surface area contributed by atoms with Gasteiger partial charge in [-0.05, 0) is 42.0 Å². The lowest BCUT2D eigenvalue weighted by atomic mass is 10.1. The fourth-order valence-electron chi connectivity index (χ4n) is 3.97. The van der Waals surface area contributed by atoms with Gasteiger partial charge in [0.25, 0.3) is 0 Å². The molecule has 168 valence electrons. The van der Waals surface area contributed by atoms with Crippen molar-refractivity contribution in [3.05, 3.63) is 66.0 Å². The standard InChI is InChI=1S/C24H24N6O2S/c1-16(14-31)24-29(13-18-6-4-17(12-25)5-7-18)23-21(30(24)33)22(26-15-27-23)28(2)19-8-10-20(32-3)11-9-19/h4-11,14-16,24,33H,13H2,1-3H3. The first-order valence-corrected chi connectivity index (χ1v) is 10.8. The van der Waals surface area contributed by atoms with E-state index in [1.54, 1.807) is 23.5 Å². The molecule has 9 heteroatoms. The molecule has 0 aliphatic carbocycles. The molecule has 3 aromatic rings. The van der Waals surface area contributed by atoms with Gasteiger partial charge in [-0.1, -0.05) is 31.9 Å². The average Bonchev–Trinajstić information content (AvgIpc) is 3.15. The van der Waals surface area contributed by atoms with Crippen LogP contribution in [0.5, 0.6) is 5.75 Å². The van der Waals surface area contributed by atoms with Crippen LogP contribution >= 0.6 is 12.8 Å². The number of fused-ring (bicyclic) bond motifs is 1. The topological polar surface area (TPSA) is 85.6 Å². The summed E-state index contributed by atoms with van der Waals surface area (Å²) in [4.78, 5) is 24.9. The van der Waals surface area contributed by atoms with Crippen LogP contribution in [0.3, 0.4) is 0 Å². The van der Waals surface area contributed by atoms with E-state index in [9.17, 15) is 4.79 Å². The Hall–Kier alpha value is -3.77. The molecule has 0 bridgehead atoms. The van der Waals surface area contributed by atoms with Gasteiger partial charge in [-0.2, -0.15) is 5.26 Å². The summed E-state index contributed by atoms with van der Waals surface area (Å²) in [5.74, 6) is 1.79. The van der Waals surface area contributed by atoms with Crippen LogP contribution in [0.25, 0.3) is 0 Å². The number of carbonyl (C=O) groups excluding carboxylic acids is 1. The number of methoxy groups -OCH3 is 1. The highest BCUT2D eigenvalue weighted by atomic mass is 32.1. The van der Waals surface area contributed by atoms with Gasteiger partial charge in [0.1, 0.15) is 30.2 Å². The Bertz CT molecular complexity index is 1180. The van der Waals surface area contributed by atoms with Crippen LogP contribution in [0.2, 0.25) is 0 Å². The molecule has 0 saturated carbocycles. The maximum Gasteiger partial charge on any atom is 0.163 e. The van der Waals surface area contributed by atoms with Gasteiger partial charge in [0, 0.05) is 19.3 Å². The molecular formula is C24H24N6O2S. The fourth-order valence-corrected chi connectivity index (χ4v) is 4.48. The Kier molecular flexibility index (Phi) is 6.38. The van der Waals surface area contributed by atoms with Gasteiger partial charge in [0.05, 0.1) is 24.7 Å². The molecule has 0 saturated heterocycles. The Labute approximate surface area is 198 Å². The summed E-state index contributed by atoms with van der Waals surface area (Å²) in [5, 5.41) is 9.09. The largest absolute Gasteiger partial charge is 0.497 e. The molecule has 0 amide bonds. The molecule has 2 atom stereocenters. The molecule has 1 aromatic heterocycles. The second-order valence-electron chi connectivity index (χ2n) is 7.82. The zero-order chi connectivity index (χ0) is 23.5. The minimum absolute atomic E-state index is 0.339. The van der Waals surface area contributed by atoms with E-state index in [0.717, 1.165) is 29.0 Å². The van der Waals surface area contributed by atoms with Crippen LogP contribution in [0.1, 0.15) is 18.1 Å². The summed E-state index contributed by atoms with van der Waals surface area (Å²) in [5.41, 5.74) is 3.24. The fraction of sp³-hybridized carbons (Fsp3) is 0.250. The summed E-state index contributed by atoms with van der Waals surface area (Å²) in [7, 11) is 3.55. The molecule has 0 radical (unpaired) electrons. The molecule has 0 spiro atoms. The molecule has 33 heavy (non-hydrogen) atoms. The predicted molar refractivity (Wildman–Crippen MR) is 131 cm³/mol. The van der Waals surface area contributed by atoms with Gasteiger partial charge < -0.3 is 19.3 Å². The summed E-state index contributed by atoms with van der Waals surface area (Å²) in [6, 6.07) is 17.2. The molecule has 0 fully saturated rings. The smallest absolute Gasteiger partial charge is 0.163 e. The molecule has 2 unspecified atom stereocenters. The Morgan fingerprint density at radius 3 is 2.52 bits per heavy atom. The SMILES string of the molecule is COc1ccc(N(C)c2ncnc3c2N(S)C(C(C)C=O)N3Cc2ccc(C#N)cc2)cc1. The third kappa shape index (κ3) is 4.17. The maximum atomic E-state index is 11.8. The second kappa shape index (κ2) is 9.38. The van der Waals surface area contributed by atoms with Crippen molar-refractivity contribution in [3.63, 3.8) is 0 Å². The van der Waals surface area contributed by atoms with Gasteiger partial charge in [-0.25, -0.2) is 9.97 Å². The summed E-state index contributed by atoms with van der Waals surface area (Å²) in [6.07, 6.45) is 2.10. The highest BCUT2D eigenvalue weighted by Crippen LogP contribution is 2.47. The summed E-state index contributed by atoms with van der Waals surface area (Å²) >= 11 is 4.79. The summed E-state index contributed by atoms with van der Waals surface area (Å²) < 4.78 is 7.03. The zero-order valence-corrected chi connectivity index (χ0v) is 19.5. The van der Waals surface area contributed by atoms with Crippen molar-refractivity contribution in [2.45, 2.75) is 19.6 Å². The maximum absolute atomic E-state index is 11.8. The highest BCUT2D eigenvalue weighted by Gasteiger charge is 2.41. The van der Waals surface area contributed by atoms with Crippen LogP contribution in [0.15, 0.2) is 54.9 Å². The lowest BCUT2D eigenvalue weighted by Gasteiger charge is -2.32. The number of anilines is 4. The third-order valence-corrected chi connectivity index (χ3v) is 6.19. The Morgan fingerprint density at radius 1 is 1.21 bits per heavy atom. The first kappa shape index (κ1) is 22.4. The van der Waals surface area contributed by atoms with E-state index >= 15 is 0 Å². The zero-order valence-electron chi connectivity index (χ0n) is 18.6. The molecule has 1 aliphatic rings. The van der Waals surface area contributed by atoms with E-state index in [0.29, 0.717) is 23.7 Å². The Balaban J connectivity index is 1.75. The van der Waals surface area contributed by atoms with Gasteiger partial charge >= 0.3 is 0 Å². The van der Waals surface area contributed by atoms with Crippen molar-refractivity contribution in [1.29, 1.82) is 5.26 Å². The highest BCUT2D eigenvalue weighted by molar-refractivity contribution is 7.81. The number of nitriles is 1. The molecule has 8 nitrogen and oxygen atoms in total. The number of aromatic nitrogens is 2. The van der Waals surface area contributed by atoms with Crippen molar-refractivity contribution in [2.75, 3.05) is 28.3 Å². The molecule has 0 N–H and O–H groups in total. The molecule has 2 aromatic carbocycles. The van der Waals surface area contributed by atoms with Crippen molar-refractivity contribution < 1.29 is 9.53 Å². The summed E-state index contributed by atoms with van der Waals surface area (Å²) in [6.45, 7) is 2.36. The lowest BCUT2D eigenvalue weighted by Crippen LogP contribution is -2.44. The van der Waals surface area contributed by atoms with E-state index in [1.807, 2.05) is 55.3 Å². The second-order valence-corrected chi connectivity index (χ2v) is 8.25. The number of nitrogens with zero attached hydrogens (tertiary/aromatic N) is 6. The number of aldehydes is 1. The Morgan fingerprint density at radius 2 is 1.91 bits per heavy atom. The van der Waals surface area contributed by atoms with Crippen molar-refractivity contribution in [1.82, 2.24) is 9.97 Å². The van der Waals surface area contributed by atoms with Crippen LogP contribution in [0, 0.1) is 17.2 Å². The molecular weight excluding hydrogens is 436 g/mol. The van der Waals surface area contributed by atoms with E-state index in [2.05, 4.69) is 20.9 Å². The normalized spacial score (nSPS) is 15.5. The molecule has 2 heterocycles. The van der Waals surface area contributed by atoms with Crippen LogP contribution < -0.4 is 18.8 Å². The minimum atomic E-state index is -0.351. The van der Waals surface area contributed by atoms with E-state index in [1.165, 1.54) is 6.33 Å². The molecule has 1 aliphatic heterocycles. The van der Waals surface area contributed by atoms with Gasteiger partial charge in [0.15, 0.2) is 11.6 Å². The minimum Gasteiger partial charge on any atom is -0.497 e.